The molecule has 1 aliphatic heterocycles. The Balaban J connectivity index is 1.90. The summed E-state index contributed by atoms with van der Waals surface area (Å²) in [5.41, 5.74) is 0.710. The molecule has 1 amide bonds. The van der Waals surface area contributed by atoms with Crippen LogP contribution in [0, 0.1) is 0 Å². The second kappa shape index (κ2) is 5.68. The molecule has 1 heterocycles. The molecule has 17 heavy (non-hydrogen) atoms. The van der Waals surface area contributed by atoms with Crippen molar-refractivity contribution in [3.05, 3.63) is 29.8 Å². The van der Waals surface area contributed by atoms with Crippen LogP contribution in [0.3, 0.4) is 0 Å². The molecule has 1 fully saturated rings. The summed E-state index contributed by atoms with van der Waals surface area (Å²) >= 11 is 0. The Morgan fingerprint density at radius 3 is 2.71 bits per heavy atom. The molecule has 0 radical (unpaired) electrons. The second-order valence-corrected chi connectivity index (χ2v) is 4.14. The summed E-state index contributed by atoms with van der Waals surface area (Å²) in [7, 11) is 0. The average molecular weight is 235 g/mol. The third-order valence-corrected chi connectivity index (χ3v) is 2.95. The SMILES string of the molecule is O=C(COc1ccccc1CO)N1CCCC1. The molecule has 0 aliphatic carbocycles. The normalized spacial score (nSPS) is 15.0. The van der Waals surface area contributed by atoms with E-state index in [2.05, 4.69) is 0 Å². The van der Waals surface area contributed by atoms with Crippen molar-refractivity contribution >= 4 is 5.91 Å². The van der Waals surface area contributed by atoms with Crippen LogP contribution in [-0.4, -0.2) is 35.6 Å². The molecule has 92 valence electrons. The number of carbonyl (C=O) groups excluding carboxylic acids is 1. The van der Waals surface area contributed by atoms with Crippen LogP contribution in [-0.2, 0) is 11.4 Å². The summed E-state index contributed by atoms with van der Waals surface area (Å²) in [5.74, 6) is 0.609. The van der Waals surface area contributed by atoms with Crippen LogP contribution in [0.5, 0.6) is 5.75 Å². The number of para-hydroxylation sites is 1. The Morgan fingerprint density at radius 2 is 2.00 bits per heavy atom. The van der Waals surface area contributed by atoms with Crippen molar-refractivity contribution in [2.75, 3.05) is 19.7 Å². The van der Waals surface area contributed by atoms with E-state index in [1.54, 1.807) is 12.1 Å². The zero-order valence-electron chi connectivity index (χ0n) is 9.76. The standard InChI is InChI=1S/C13H17NO3/c15-9-11-5-1-2-6-12(11)17-10-13(16)14-7-3-4-8-14/h1-2,5-6,15H,3-4,7-10H2. The van der Waals surface area contributed by atoms with Crippen LogP contribution >= 0.6 is 0 Å². The van der Waals surface area contributed by atoms with Gasteiger partial charge in [-0.05, 0) is 18.9 Å². The third-order valence-electron chi connectivity index (χ3n) is 2.95. The summed E-state index contributed by atoms with van der Waals surface area (Å²) in [5, 5.41) is 9.12. The highest BCUT2D eigenvalue weighted by atomic mass is 16.5. The Kier molecular flexibility index (Phi) is 3.98. The molecule has 0 unspecified atom stereocenters. The summed E-state index contributed by atoms with van der Waals surface area (Å²) in [6, 6.07) is 7.22. The zero-order chi connectivity index (χ0) is 12.1. The highest BCUT2D eigenvalue weighted by Gasteiger charge is 2.18. The van der Waals surface area contributed by atoms with Gasteiger partial charge in [0.25, 0.3) is 5.91 Å². The van der Waals surface area contributed by atoms with E-state index >= 15 is 0 Å². The molecule has 0 spiro atoms. The number of amides is 1. The first-order valence-corrected chi connectivity index (χ1v) is 5.90. The van der Waals surface area contributed by atoms with Crippen molar-refractivity contribution in [2.24, 2.45) is 0 Å². The van der Waals surface area contributed by atoms with Gasteiger partial charge in [0.1, 0.15) is 5.75 Å². The Labute approximate surface area is 101 Å². The number of nitrogens with zero attached hydrogens (tertiary/aromatic N) is 1. The number of ether oxygens (including phenoxy) is 1. The minimum absolute atomic E-state index is 0.0234. The first-order valence-electron chi connectivity index (χ1n) is 5.90. The molecule has 0 atom stereocenters. The van der Waals surface area contributed by atoms with Gasteiger partial charge in [-0.2, -0.15) is 0 Å². The maximum absolute atomic E-state index is 11.8. The monoisotopic (exact) mass is 235 g/mol. The molecule has 1 aromatic rings. The number of hydrogen-bond acceptors (Lipinski definition) is 3. The lowest BCUT2D eigenvalue weighted by atomic mass is 10.2. The lowest BCUT2D eigenvalue weighted by Gasteiger charge is -2.16. The fraction of sp³-hybridized carbons (Fsp3) is 0.462. The number of carbonyl (C=O) groups is 1. The number of likely N-dealkylation sites (tertiary alicyclic amines) is 1. The van der Waals surface area contributed by atoms with E-state index in [0.717, 1.165) is 25.9 Å². The van der Waals surface area contributed by atoms with E-state index < -0.39 is 0 Å². The van der Waals surface area contributed by atoms with Gasteiger partial charge in [0.15, 0.2) is 6.61 Å². The number of aliphatic hydroxyl groups is 1. The molecule has 4 nitrogen and oxygen atoms in total. The predicted molar refractivity (Wildman–Crippen MR) is 63.7 cm³/mol. The van der Waals surface area contributed by atoms with Gasteiger partial charge in [0, 0.05) is 18.7 Å². The Bertz CT molecular complexity index is 386. The van der Waals surface area contributed by atoms with E-state index in [0.29, 0.717) is 11.3 Å². The second-order valence-electron chi connectivity index (χ2n) is 4.14. The van der Waals surface area contributed by atoms with E-state index in [-0.39, 0.29) is 19.1 Å². The predicted octanol–water partition coefficient (Wildman–Crippen LogP) is 1.18. The molecule has 1 aliphatic rings. The topological polar surface area (TPSA) is 49.8 Å². The minimum Gasteiger partial charge on any atom is -0.483 e. The molecule has 0 aromatic heterocycles. The summed E-state index contributed by atoms with van der Waals surface area (Å²) in [4.78, 5) is 13.6. The lowest BCUT2D eigenvalue weighted by Crippen LogP contribution is -2.32. The van der Waals surface area contributed by atoms with Crippen molar-refractivity contribution in [2.45, 2.75) is 19.4 Å². The number of benzene rings is 1. The summed E-state index contributed by atoms with van der Waals surface area (Å²) in [6.07, 6.45) is 2.16. The largest absolute Gasteiger partial charge is 0.483 e. The van der Waals surface area contributed by atoms with Crippen molar-refractivity contribution in [3.63, 3.8) is 0 Å². The fourth-order valence-corrected chi connectivity index (χ4v) is 1.97. The van der Waals surface area contributed by atoms with Gasteiger partial charge in [-0.25, -0.2) is 0 Å². The first-order chi connectivity index (χ1) is 8.31. The number of hydrogen-bond donors (Lipinski definition) is 1. The Hall–Kier alpha value is -1.55. The molecular weight excluding hydrogens is 218 g/mol. The molecule has 4 heteroatoms. The summed E-state index contributed by atoms with van der Waals surface area (Å²) < 4.78 is 5.45. The van der Waals surface area contributed by atoms with Crippen molar-refractivity contribution < 1.29 is 14.6 Å². The van der Waals surface area contributed by atoms with Gasteiger partial charge in [0.05, 0.1) is 6.61 Å². The third kappa shape index (κ3) is 2.97. The highest BCUT2D eigenvalue weighted by Crippen LogP contribution is 2.18. The lowest BCUT2D eigenvalue weighted by molar-refractivity contribution is -0.132. The number of aliphatic hydroxyl groups excluding tert-OH is 1. The molecule has 0 bridgehead atoms. The van der Waals surface area contributed by atoms with Crippen LogP contribution in [0.1, 0.15) is 18.4 Å². The molecule has 0 saturated carbocycles. The average Bonchev–Trinajstić information content (AvgIpc) is 2.90. The van der Waals surface area contributed by atoms with Crippen LogP contribution in [0.2, 0.25) is 0 Å². The van der Waals surface area contributed by atoms with Gasteiger partial charge in [0.2, 0.25) is 0 Å². The van der Waals surface area contributed by atoms with Crippen LogP contribution in [0.15, 0.2) is 24.3 Å². The highest BCUT2D eigenvalue weighted by molar-refractivity contribution is 5.78. The maximum Gasteiger partial charge on any atom is 0.260 e. The fourth-order valence-electron chi connectivity index (χ4n) is 1.97. The van der Waals surface area contributed by atoms with Gasteiger partial charge in [-0.3, -0.25) is 4.79 Å². The van der Waals surface area contributed by atoms with Gasteiger partial charge >= 0.3 is 0 Å². The molecule has 1 saturated heterocycles. The van der Waals surface area contributed by atoms with E-state index in [4.69, 9.17) is 9.84 Å². The number of rotatable bonds is 4. The zero-order valence-corrected chi connectivity index (χ0v) is 9.76. The first kappa shape index (κ1) is 11.9. The van der Waals surface area contributed by atoms with Crippen LogP contribution in [0.25, 0.3) is 0 Å². The molecule has 1 aromatic carbocycles. The van der Waals surface area contributed by atoms with E-state index in [1.165, 1.54) is 0 Å². The van der Waals surface area contributed by atoms with E-state index in [1.807, 2.05) is 17.0 Å². The van der Waals surface area contributed by atoms with Gasteiger partial charge < -0.3 is 14.7 Å². The Morgan fingerprint density at radius 1 is 1.29 bits per heavy atom. The van der Waals surface area contributed by atoms with Crippen molar-refractivity contribution in [1.82, 2.24) is 4.90 Å². The quantitative estimate of drug-likeness (QED) is 0.852. The van der Waals surface area contributed by atoms with Crippen LogP contribution in [0.4, 0.5) is 0 Å². The van der Waals surface area contributed by atoms with Crippen LogP contribution < -0.4 is 4.74 Å². The maximum atomic E-state index is 11.8. The smallest absolute Gasteiger partial charge is 0.260 e. The van der Waals surface area contributed by atoms with E-state index in [9.17, 15) is 4.79 Å². The minimum atomic E-state index is -0.0753. The molecular formula is C13H17NO3. The van der Waals surface area contributed by atoms with Crippen molar-refractivity contribution in [3.8, 4) is 5.75 Å². The summed E-state index contributed by atoms with van der Waals surface area (Å²) in [6.45, 7) is 1.65. The molecule has 1 N–H and O–H groups in total. The van der Waals surface area contributed by atoms with Gasteiger partial charge in [-0.15, -0.1) is 0 Å². The molecule has 2 rings (SSSR count). The van der Waals surface area contributed by atoms with Gasteiger partial charge in [-0.1, -0.05) is 18.2 Å². The van der Waals surface area contributed by atoms with Crippen molar-refractivity contribution in [1.29, 1.82) is 0 Å².